The Morgan fingerprint density at radius 2 is 1.86 bits per heavy atom. The number of aryl methyl sites for hydroxylation is 1. The zero-order valence-electron chi connectivity index (χ0n) is 17.1. The number of morpholine rings is 1. The van der Waals surface area contributed by atoms with Crippen LogP contribution in [-0.4, -0.2) is 62.8 Å². The van der Waals surface area contributed by atoms with Crippen LogP contribution in [0.4, 0.5) is 0 Å². The van der Waals surface area contributed by atoms with Gasteiger partial charge in [0.25, 0.3) is 0 Å². The number of nitrogens with one attached hydrogen (secondary N) is 2. The van der Waals surface area contributed by atoms with Gasteiger partial charge in [-0.3, -0.25) is 0 Å². The molecule has 0 amide bonds. The zero-order chi connectivity index (χ0) is 19.9. The summed E-state index contributed by atoms with van der Waals surface area (Å²) in [5.74, 6) is 0.654. The monoisotopic (exact) mass is 524 g/mol. The van der Waals surface area contributed by atoms with Crippen molar-refractivity contribution in [2.45, 2.75) is 46.4 Å². The molecule has 160 valence electrons. The van der Waals surface area contributed by atoms with Gasteiger partial charge in [-0.05, 0) is 38.8 Å². The fraction of sp³-hybridized carbons (Fsp3) is 0.632. The number of hydrogen-bond acceptors (Lipinski definition) is 4. The first-order valence-electron chi connectivity index (χ1n) is 9.51. The minimum atomic E-state index is -3.33. The Hall–Kier alpha value is -0.910. The first-order chi connectivity index (χ1) is 12.8. The Bertz CT molecular complexity index is 732. The molecule has 1 fully saturated rings. The van der Waals surface area contributed by atoms with Gasteiger partial charge in [-0.25, -0.2) is 13.4 Å². The molecular formula is C19H33IN4O3S. The molecule has 1 aromatic carbocycles. The summed E-state index contributed by atoms with van der Waals surface area (Å²) in [5, 5.41) is 6.29. The summed E-state index contributed by atoms with van der Waals surface area (Å²) < 4.78 is 32.4. The van der Waals surface area contributed by atoms with E-state index in [2.05, 4.69) is 28.6 Å². The Morgan fingerprint density at radius 1 is 1.21 bits per heavy atom. The fourth-order valence-corrected chi connectivity index (χ4v) is 4.57. The molecule has 0 bridgehead atoms. The number of guanidine groups is 1. The lowest BCUT2D eigenvalue weighted by atomic mass is 10.1. The van der Waals surface area contributed by atoms with Crippen LogP contribution in [-0.2, 0) is 21.3 Å². The van der Waals surface area contributed by atoms with Crippen molar-refractivity contribution < 1.29 is 13.2 Å². The molecule has 0 aromatic heterocycles. The maximum atomic E-state index is 12.6. The number of aliphatic imine (C=N–C) groups is 1. The van der Waals surface area contributed by atoms with Crippen molar-refractivity contribution in [1.82, 2.24) is 14.9 Å². The van der Waals surface area contributed by atoms with Crippen LogP contribution in [0.15, 0.2) is 29.3 Å². The lowest BCUT2D eigenvalue weighted by Gasteiger charge is -2.34. The van der Waals surface area contributed by atoms with E-state index in [1.807, 2.05) is 39.0 Å². The SMILES string of the molecule is CCNC(=NCc1ccccc1C)NCCS(=O)(=O)N1CC(C)OC(C)C1.I. The Balaban J connectivity index is 0.00000392. The van der Waals surface area contributed by atoms with Gasteiger partial charge < -0.3 is 15.4 Å². The van der Waals surface area contributed by atoms with Crippen LogP contribution >= 0.6 is 24.0 Å². The predicted molar refractivity (Wildman–Crippen MR) is 125 cm³/mol. The van der Waals surface area contributed by atoms with Crippen molar-refractivity contribution in [3.8, 4) is 0 Å². The van der Waals surface area contributed by atoms with Crippen molar-refractivity contribution in [2.75, 3.05) is 31.9 Å². The standard InChI is InChI=1S/C19H32N4O3S.HI/c1-5-20-19(22-12-18-9-7-6-8-15(18)2)21-10-11-27(24,25)23-13-16(3)26-17(4)14-23;/h6-9,16-17H,5,10-14H2,1-4H3,(H2,20,21,22);1H. The molecule has 2 atom stereocenters. The molecule has 2 unspecified atom stereocenters. The maximum absolute atomic E-state index is 12.6. The topological polar surface area (TPSA) is 83.0 Å². The van der Waals surface area contributed by atoms with Crippen molar-refractivity contribution >= 4 is 40.0 Å². The number of sulfonamides is 1. The van der Waals surface area contributed by atoms with Crippen LogP contribution in [0, 0.1) is 6.92 Å². The average Bonchev–Trinajstić information content (AvgIpc) is 2.60. The summed E-state index contributed by atoms with van der Waals surface area (Å²) in [4.78, 5) is 4.57. The van der Waals surface area contributed by atoms with Crippen molar-refractivity contribution in [2.24, 2.45) is 4.99 Å². The Morgan fingerprint density at radius 3 is 2.46 bits per heavy atom. The Kier molecular flexibility index (Phi) is 10.7. The summed E-state index contributed by atoms with van der Waals surface area (Å²) in [5.41, 5.74) is 2.34. The van der Waals surface area contributed by atoms with Crippen molar-refractivity contribution in [3.63, 3.8) is 0 Å². The highest BCUT2D eigenvalue weighted by atomic mass is 127. The number of rotatable bonds is 7. The molecule has 1 aromatic rings. The van der Waals surface area contributed by atoms with Gasteiger partial charge in [-0.2, -0.15) is 4.31 Å². The lowest BCUT2D eigenvalue weighted by molar-refractivity contribution is -0.0440. The lowest BCUT2D eigenvalue weighted by Crippen LogP contribution is -2.50. The molecule has 1 aliphatic rings. The first-order valence-corrected chi connectivity index (χ1v) is 11.1. The van der Waals surface area contributed by atoms with Gasteiger partial charge in [0.1, 0.15) is 0 Å². The van der Waals surface area contributed by atoms with E-state index < -0.39 is 10.0 Å². The summed E-state index contributed by atoms with van der Waals surface area (Å²) in [7, 11) is -3.33. The minimum Gasteiger partial charge on any atom is -0.373 e. The minimum absolute atomic E-state index is 0. The summed E-state index contributed by atoms with van der Waals surface area (Å²) in [6, 6.07) is 8.11. The second-order valence-corrected chi connectivity index (χ2v) is 9.03. The highest BCUT2D eigenvalue weighted by molar-refractivity contribution is 14.0. The van der Waals surface area contributed by atoms with Crippen LogP contribution < -0.4 is 10.6 Å². The van der Waals surface area contributed by atoms with Gasteiger partial charge >= 0.3 is 0 Å². The first kappa shape index (κ1) is 25.1. The number of nitrogens with zero attached hydrogens (tertiary/aromatic N) is 2. The van der Waals surface area contributed by atoms with Crippen LogP contribution in [0.1, 0.15) is 31.9 Å². The van der Waals surface area contributed by atoms with Crippen LogP contribution in [0.5, 0.6) is 0 Å². The fourth-order valence-electron chi connectivity index (χ4n) is 3.08. The van der Waals surface area contributed by atoms with E-state index in [9.17, 15) is 8.42 Å². The summed E-state index contributed by atoms with van der Waals surface area (Å²) >= 11 is 0. The van der Waals surface area contributed by atoms with Gasteiger partial charge in [0, 0.05) is 26.2 Å². The van der Waals surface area contributed by atoms with Gasteiger partial charge in [0.2, 0.25) is 10.0 Å². The highest BCUT2D eigenvalue weighted by Crippen LogP contribution is 2.14. The summed E-state index contributed by atoms with van der Waals surface area (Å²) in [6.07, 6.45) is -0.158. The molecule has 2 rings (SSSR count). The molecule has 1 heterocycles. The molecule has 0 saturated carbocycles. The molecule has 1 aliphatic heterocycles. The molecular weight excluding hydrogens is 491 g/mol. The molecule has 2 N–H and O–H groups in total. The van der Waals surface area contributed by atoms with E-state index in [0.717, 1.165) is 5.56 Å². The number of benzene rings is 1. The smallest absolute Gasteiger partial charge is 0.216 e. The number of halogens is 1. The van der Waals surface area contributed by atoms with Gasteiger partial charge in [-0.15, -0.1) is 24.0 Å². The zero-order valence-corrected chi connectivity index (χ0v) is 20.3. The quantitative estimate of drug-likeness (QED) is 0.325. The normalized spacial score (nSPS) is 21.1. The predicted octanol–water partition coefficient (Wildman–Crippen LogP) is 2.11. The second kappa shape index (κ2) is 11.9. The Labute approximate surface area is 186 Å². The van der Waals surface area contributed by atoms with E-state index in [0.29, 0.717) is 38.7 Å². The van der Waals surface area contributed by atoms with E-state index in [1.165, 1.54) is 9.87 Å². The molecule has 1 saturated heterocycles. The third kappa shape index (κ3) is 7.84. The average molecular weight is 524 g/mol. The molecule has 28 heavy (non-hydrogen) atoms. The molecule has 7 nitrogen and oxygen atoms in total. The van der Waals surface area contributed by atoms with Gasteiger partial charge in [-0.1, -0.05) is 24.3 Å². The highest BCUT2D eigenvalue weighted by Gasteiger charge is 2.30. The number of ether oxygens (including phenoxy) is 1. The van der Waals surface area contributed by atoms with Gasteiger partial charge in [0.15, 0.2) is 5.96 Å². The van der Waals surface area contributed by atoms with E-state index in [4.69, 9.17) is 4.74 Å². The van der Waals surface area contributed by atoms with Crippen LogP contribution in [0.3, 0.4) is 0 Å². The molecule has 0 radical (unpaired) electrons. The third-order valence-corrected chi connectivity index (χ3v) is 6.25. The van der Waals surface area contributed by atoms with Crippen molar-refractivity contribution in [3.05, 3.63) is 35.4 Å². The second-order valence-electron chi connectivity index (χ2n) is 6.94. The van der Waals surface area contributed by atoms with Crippen LogP contribution in [0.2, 0.25) is 0 Å². The maximum Gasteiger partial charge on any atom is 0.216 e. The van der Waals surface area contributed by atoms with E-state index >= 15 is 0 Å². The molecule has 0 spiro atoms. The van der Waals surface area contributed by atoms with E-state index in [1.54, 1.807) is 0 Å². The van der Waals surface area contributed by atoms with Crippen LogP contribution in [0.25, 0.3) is 0 Å². The largest absolute Gasteiger partial charge is 0.373 e. The van der Waals surface area contributed by atoms with Crippen molar-refractivity contribution in [1.29, 1.82) is 0 Å². The molecule has 0 aliphatic carbocycles. The molecule has 9 heteroatoms. The van der Waals surface area contributed by atoms with E-state index in [-0.39, 0.29) is 41.9 Å². The third-order valence-electron chi connectivity index (χ3n) is 4.44. The summed E-state index contributed by atoms with van der Waals surface area (Å²) in [6.45, 7) is 10.2. The van der Waals surface area contributed by atoms with Gasteiger partial charge in [0.05, 0.1) is 24.5 Å². The number of hydrogen-bond donors (Lipinski definition) is 2.